The molecule has 0 spiro atoms. The van der Waals surface area contributed by atoms with Crippen LogP contribution in [0.4, 0.5) is 0 Å². The van der Waals surface area contributed by atoms with Crippen LogP contribution in [-0.4, -0.2) is 36.6 Å². The summed E-state index contributed by atoms with van der Waals surface area (Å²) < 4.78 is 0. The minimum absolute atomic E-state index is 0.334. The summed E-state index contributed by atoms with van der Waals surface area (Å²) in [5.74, 6) is 0.765. The average Bonchev–Trinajstić information content (AvgIpc) is 2.96. The second-order valence-electron chi connectivity index (χ2n) is 7.66. The van der Waals surface area contributed by atoms with Crippen molar-refractivity contribution in [1.82, 2.24) is 10.2 Å². The van der Waals surface area contributed by atoms with E-state index in [-0.39, 0.29) is 0 Å². The molecule has 0 radical (unpaired) electrons. The van der Waals surface area contributed by atoms with Crippen LogP contribution in [0.1, 0.15) is 46.6 Å². The van der Waals surface area contributed by atoms with E-state index in [9.17, 15) is 0 Å². The van der Waals surface area contributed by atoms with E-state index in [1.54, 1.807) is 0 Å². The molecule has 1 aliphatic heterocycles. The van der Waals surface area contributed by atoms with Gasteiger partial charge < -0.3 is 5.32 Å². The van der Waals surface area contributed by atoms with Crippen molar-refractivity contribution in [2.45, 2.75) is 59.5 Å². The Morgan fingerprint density at radius 3 is 2.76 bits per heavy atom. The summed E-state index contributed by atoms with van der Waals surface area (Å²) in [7, 11) is 0. The Hall–Kier alpha value is -0.380. The lowest BCUT2D eigenvalue weighted by atomic mass is 9.83. The van der Waals surface area contributed by atoms with Crippen LogP contribution < -0.4 is 5.32 Å². The van der Waals surface area contributed by atoms with E-state index in [1.165, 1.54) is 31.5 Å². The van der Waals surface area contributed by atoms with Crippen LogP contribution >= 0.6 is 11.3 Å². The van der Waals surface area contributed by atoms with Gasteiger partial charge in [-0.1, -0.05) is 41.0 Å². The zero-order valence-corrected chi connectivity index (χ0v) is 15.2. The van der Waals surface area contributed by atoms with Crippen molar-refractivity contribution in [3.63, 3.8) is 0 Å². The maximum absolute atomic E-state index is 3.81. The van der Waals surface area contributed by atoms with E-state index in [0.29, 0.717) is 17.5 Å². The summed E-state index contributed by atoms with van der Waals surface area (Å²) in [5.41, 5.74) is 1.83. The van der Waals surface area contributed by atoms with Crippen LogP contribution in [0.25, 0.3) is 0 Å². The largest absolute Gasteiger partial charge is 0.311 e. The minimum Gasteiger partial charge on any atom is -0.311 e. The lowest BCUT2D eigenvalue weighted by Crippen LogP contribution is -2.62. The molecule has 120 valence electrons. The Morgan fingerprint density at radius 2 is 2.19 bits per heavy atom. The van der Waals surface area contributed by atoms with Crippen molar-refractivity contribution >= 4 is 11.3 Å². The van der Waals surface area contributed by atoms with Gasteiger partial charge in [-0.2, -0.15) is 11.3 Å². The SMILES string of the molecule is CCC(C)C1CNC(C(C)(C)C)CN1CCc1ccsc1. The summed E-state index contributed by atoms with van der Waals surface area (Å²) in [6.07, 6.45) is 2.45. The van der Waals surface area contributed by atoms with Gasteiger partial charge in [0, 0.05) is 31.7 Å². The molecule has 1 fully saturated rings. The van der Waals surface area contributed by atoms with Crippen molar-refractivity contribution < 1.29 is 0 Å². The van der Waals surface area contributed by atoms with E-state index in [1.807, 2.05) is 11.3 Å². The highest BCUT2D eigenvalue weighted by Crippen LogP contribution is 2.26. The zero-order chi connectivity index (χ0) is 15.5. The number of nitrogens with zero attached hydrogens (tertiary/aromatic N) is 1. The molecule has 1 aliphatic rings. The minimum atomic E-state index is 0.334. The molecule has 0 bridgehead atoms. The van der Waals surface area contributed by atoms with Gasteiger partial charge in [0.2, 0.25) is 0 Å². The van der Waals surface area contributed by atoms with Crippen LogP contribution in [-0.2, 0) is 6.42 Å². The third kappa shape index (κ3) is 4.54. The second kappa shape index (κ2) is 7.26. The predicted octanol–water partition coefficient (Wildman–Crippen LogP) is 4.03. The average molecular weight is 309 g/mol. The number of piperazine rings is 1. The highest BCUT2D eigenvalue weighted by molar-refractivity contribution is 7.07. The number of rotatable bonds is 5. The first kappa shape index (κ1) is 17.0. The van der Waals surface area contributed by atoms with Gasteiger partial charge in [-0.25, -0.2) is 0 Å². The van der Waals surface area contributed by atoms with Crippen LogP contribution in [0.15, 0.2) is 16.8 Å². The molecular formula is C18H32N2S. The highest BCUT2D eigenvalue weighted by Gasteiger charge is 2.35. The number of hydrogen-bond donors (Lipinski definition) is 1. The van der Waals surface area contributed by atoms with Gasteiger partial charge in [0.1, 0.15) is 0 Å². The third-order valence-corrected chi connectivity index (χ3v) is 5.81. The van der Waals surface area contributed by atoms with Gasteiger partial charge in [0.15, 0.2) is 0 Å². The lowest BCUT2D eigenvalue weighted by Gasteiger charge is -2.47. The Kier molecular flexibility index (Phi) is 5.87. The maximum atomic E-state index is 3.81. The van der Waals surface area contributed by atoms with E-state index in [0.717, 1.165) is 12.5 Å². The summed E-state index contributed by atoms with van der Waals surface area (Å²) >= 11 is 1.81. The van der Waals surface area contributed by atoms with Gasteiger partial charge in [-0.15, -0.1) is 0 Å². The fraction of sp³-hybridized carbons (Fsp3) is 0.778. The van der Waals surface area contributed by atoms with Crippen LogP contribution in [0.5, 0.6) is 0 Å². The lowest BCUT2D eigenvalue weighted by molar-refractivity contribution is 0.0592. The van der Waals surface area contributed by atoms with Gasteiger partial charge in [0.25, 0.3) is 0 Å². The molecule has 3 atom stereocenters. The summed E-state index contributed by atoms with van der Waals surface area (Å²) in [5, 5.41) is 8.29. The molecule has 3 unspecified atom stereocenters. The number of thiophene rings is 1. The number of hydrogen-bond acceptors (Lipinski definition) is 3. The van der Waals surface area contributed by atoms with Crippen molar-refractivity contribution in [2.75, 3.05) is 19.6 Å². The first-order valence-corrected chi connectivity index (χ1v) is 9.34. The molecule has 2 heterocycles. The summed E-state index contributed by atoms with van der Waals surface area (Å²) in [4.78, 5) is 2.75. The van der Waals surface area contributed by atoms with Crippen molar-refractivity contribution in [2.24, 2.45) is 11.3 Å². The molecule has 2 rings (SSSR count). The molecule has 0 aromatic carbocycles. The molecule has 1 N–H and O–H groups in total. The van der Waals surface area contributed by atoms with Gasteiger partial charge in [-0.3, -0.25) is 4.90 Å². The van der Waals surface area contributed by atoms with Crippen molar-refractivity contribution in [3.05, 3.63) is 22.4 Å². The van der Waals surface area contributed by atoms with Gasteiger partial charge in [0.05, 0.1) is 0 Å². The topological polar surface area (TPSA) is 15.3 Å². The zero-order valence-electron chi connectivity index (χ0n) is 14.4. The van der Waals surface area contributed by atoms with Gasteiger partial charge >= 0.3 is 0 Å². The van der Waals surface area contributed by atoms with Crippen LogP contribution in [0.2, 0.25) is 0 Å². The molecular weight excluding hydrogens is 276 g/mol. The highest BCUT2D eigenvalue weighted by atomic mass is 32.1. The van der Waals surface area contributed by atoms with Gasteiger partial charge in [-0.05, 0) is 40.1 Å². The molecule has 0 aliphatic carbocycles. The molecule has 1 aromatic heterocycles. The predicted molar refractivity (Wildman–Crippen MR) is 94.1 cm³/mol. The fourth-order valence-corrected chi connectivity index (χ4v) is 3.91. The molecule has 0 saturated carbocycles. The molecule has 21 heavy (non-hydrogen) atoms. The molecule has 1 saturated heterocycles. The first-order chi connectivity index (χ1) is 9.91. The van der Waals surface area contributed by atoms with Crippen molar-refractivity contribution in [3.8, 4) is 0 Å². The Balaban J connectivity index is 2.01. The Morgan fingerprint density at radius 1 is 1.43 bits per heavy atom. The fourth-order valence-electron chi connectivity index (χ4n) is 3.20. The smallest absolute Gasteiger partial charge is 0.0247 e. The van der Waals surface area contributed by atoms with E-state index in [4.69, 9.17) is 0 Å². The molecule has 3 heteroatoms. The quantitative estimate of drug-likeness (QED) is 0.883. The van der Waals surface area contributed by atoms with Crippen LogP contribution in [0, 0.1) is 11.3 Å². The maximum Gasteiger partial charge on any atom is 0.0247 e. The van der Waals surface area contributed by atoms with E-state index < -0.39 is 0 Å². The molecule has 1 aromatic rings. The Bertz CT molecular complexity index is 407. The summed E-state index contributed by atoms with van der Waals surface area (Å²) in [6, 6.07) is 3.55. The summed E-state index contributed by atoms with van der Waals surface area (Å²) in [6.45, 7) is 15.3. The normalized spacial score (nSPS) is 26.0. The third-order valence-electron chi connectivity index (χ3n) is 5.07. The van der Waals surface area contributed by atoms with Crippen LogP contribution in [0.3, 0.4) is 0 Å². The van der Waals surface area contributed by atoms with Crippen molar-refractivity contribution in [1.29, 1.82) is 0 Å². The Labute approximate surface area is 134 Å². The van der Waals surface area contributed by atoms with E-state index in [2.05, 4.69) is 61.7 Å². The second-order valence-corrected chi connectivity index (χ2v) is 8.44. The molecule has 0 amide bonds. The number of nitrogens with one attached hydrogen (secondary N) is 1. The van der Waals surface area contributed by atoms with E-state index >= 15 is 0 Å². The monoisotopic (exact) mass is 308 g/mol. The first-order valence-electron chi connectivity index (χ1n) is 8.40. The molecule has 2 nitrogen and oxygen atoms in total. The standard InChI is InChI=1S/C18H32N2S/c1-6-14(2)16-11-19-17(18(3,4)5)12-20(16)9-7-15-8-10-21-13-15/h8,10,13-14,16-17,19H,6-7,9,11-12H2,1-5H3.